The quantitative estimate of drug-likeness (QED) is 0.612. The minimum Gasteiger partial charge on any atom is -0.316 e. The lowest BCUT2D eigenvalue weighted by molar-refractivity contribution is 0.886. The number of nitrogens with one attached hydrogen (secondary N) is 1. The van der Waals surface area contributed by atoms with Gasteiger partial charge < -0.3 is 5.32 Å². The standard InChI is InChI=1S/C10H17N.H2/c1-5-6-7-10(8-11-4)9(2)3;/h5-7,11H,2,8H2,1,3-4H3;1H/b6-5-,10-7-;. The maximum atomic E-state index is 3.88. The van der Waals surface area contributed by atoms with E-state index in [0.717, 1.165) is 12.1 Å². The molecule has 0 aliphatic carbocycles. The number of likely N-dealkylation sites (N-methyl/N-ethyl adjacent to an activating group) is 1. The molecule has 0 heterocycles. The average Bonchev–Trinajstić information content (AvgIpc) is 1.97. The second-order valence-corrected chi connectivity index (χ2v) is 2.53. The molecule has 1 N–H and O–H groups in total. The summed E-state index contributed by atoms with van der Waals surface area (Å²) in [6, 6.07) is 0. The zero-order valence-electron chi connectivity index (χ0n) is 7.65. The largest absolute Gasteiger partial charge is 0.316 e. The second-order valence-electron chi connectivity index (χ2n) is 2.53. The molecule has 0 amide bonds. The molecule has 0 rings (SSSR count). The van der Waals surface area contributed by atoms with Crippen molar-refractivity contribution in [2.24, 2.45) is 0 Å². The van der Waals surface area contributed by atoms with Crippen molar-refractivity contribution in [2.75, 3.05) is 13.6 Å². The lowest BCUT2D eigenvalue weighted by atomic mass is 10.1. The van der Waals surface area contributed by atoms with E-state index in [1.54, 1.807) is 0 Å². The van der Waals surface area contributed by atoms with Gasteiger partial charge in [0.15, 0.2) is 0 Å². The second kappa shape index (κ2) is 5.93. The van der Waals surface area contributed by atoms with Gasteiger partial charge >= 0.3 is 0 Å². The smallest absolute Gasteiger partial charge is 0.0204 e. The van der Waals surface area contributed by atoms with Gasteiger partial charge in [0, 0.05) is 7.97 Å². The van der Waals surface area contributed by atoms with Crippen molar-refractivity contribution in [3.8, 4) is 0 Å². The third kappa shape index (κ3) is 4.57. The first-order valence-electron chi connectivity index (χ1n) is 3.84. The van der Waals surface area contributed by atoms with Crippen LogP contribution in [0.15, 0.2) is 36.0 Å². The summed E-state index contributed by atoms with van der Waals surface area (Å²) in [5.41, 5.74) is 2.38. The molecule has 0 aromatic heterocycles. The highest BCUT2D eigenvalue weighted by molar-refractivity contribution is 5.30. The normalized spacial score (nSPS) is 12.5. The lowest BCUT2D eigenvalue weighted by Crippen LogP contribution is -2.10. The van der Waals surface area contributed by atoms with Crippen LogP contribution < -0.4 is 5.32 Å². The predicted octanol–water partition coefficient (Wildman–Crippen LogP) is 2.53. The number of rotatable bonds is 4. The zero-order chi connectivity index (χ0) is 8.69. The average molecular weight is 153 g/mol. The number of hydrogen-bond donors (Lipinski definition) is 1. The summed E-state index contributed by atoms with van der Waals surface area (Å²) in [6.07, 6.45) is 6.12. The van der Waals surface area contributed by atoms with E-state index in [1.165, 1.54) is 5.57 Å². The number of allylic oxidation sites excluding steroid dienone is 3. The SMILES string of the molecule is C=C(C)/C(=C\C=C/C)CNC.[HH]. The van der Waals surface area contributed by atoms with Crippen LogP contribution in [0.1, 0.15) is 15.3 Å². The molecule has 0 aromatic carbocycles. The first kappa shape index (κ1) is 10.2. The first-order valence-corrected chi connectivity index (χ1v) is 3.84. The topological polar surface area (TPSA) is 12.0 Å². The van der Waals surface area contributed by atoms with Crippen LogP contribution >= 0.6 is 0 Å². The molecule has 0 bridgehead atoms. The van der Waals surface area contributed by atoms with E-state index in [-0.39, 0.29) is 1.43 Å². The van der Waals surface area contributed by atoms with Crippen molar-refractivity contribution in [3.63, 3.8) is 0 Å². The fourth-order valence-electron chi connectivity index (χ4n) is 0.755. The monoisotopic (exact) mass is 153 g/mol. The van der Waals surface area contributed by atoms with Gasteiger partial charge in [-0.1, -0.05) is 30.4 Å². The summed E-state index contributed by atoms with van der Waals surface area (Å²) in [4.78, 5) is 0. The molecule has 0 spiro atoms. The molecular weight excluding hydrogens is 134 g/mol. The molecule has 0 saturated carbocycles. The molecule has 0 aliphatic heterocycles. The van der Waals surface area contributed by atoms with E-state index in [1.807, 2.05) is 33.0 Å². The van der Waals surface area contributed by atoms with E-state index >= 15 is 0 Å². The molecule has 0 saturated heterocycles. The van der Waals surface area contributed by atoms with Crippen LogP contribution in [0.4, 0.5) is 0 Å². The molecule has 0 fully saturated rings. The van der Waals surface area contributed by atoms with E-state index < -0.39 is 0 Å². The van der Waals surface area contributed by atoms with Gasteiger partial charge in [-0.15, -0.1) is 0 Å². The van der Waals surface area contributed by atoms with Gasteiger partial charge in [0.1, 0.15) is 0 Å². The maximum Gasteiger partial charge on any atom is 0.0204 e. The van der Waals surface area contributed by atoms with Crippen LogP contribution in [0.5, 0.6) is 0 Å². The highest BCUT2D eigenvalue weighted by Crippen LogP contribution is 2.04. The van der Waals surface area contributed by atoms with Gasteiger partial charge in [0.2, 0.25) is 0 Å². The van der Waals surface area contributed by atoms with Gasteiger partial charge in [-0.05, 0) is 26.5 Å². The van der Waals surface area contributed by atoms with Crippen LogP contribution in [0, 0.1) is 0 Å². The van der Waals surface area contributed by atoms with Gasteiger partial charge in [-0.25, -0.2) is 0 Å². The Hall–Kier alpha value is -0.820. The Kier molecular flexibility index (Phi) is 5.49. The Morgan fingerprint density at radius 2 is 2.27 bits per heavy atom. The fourth-order valence-corrected chi connectivity index (χ4v) is 0.755. The minimum atomic E-state index is 0. The van der Waals surface area contributed by atoms with Gasteiger partial charge in [-0.3, -0.25) is 0 Å². The maximum absolute atomic E-state index is 3.88. The summed E-state index contributed by atoms with van der Waals surface area (Å²) in [5, 5.41) is 3.10. The Labute approximate surface area is 71.0 Å². The van der Waals surface area contributed by atoms with Crippen LogP contribution in [-0.2, 0) is 0 Å². The summed E-state index contributed by atoms with van der Waals surface area (Å²) >= 11 is 0. The Bertz CT molecular complexity index is 180. The molecule has 0 unspecified atom stereocenters. The summed E-state index contributed by atoms with van der Waals surface area (Å²) in [6.45, 7) is 8.80. The predicted molar refractivity (Wildman–Crippen MR) is 53.8 cm³/mol. The Morgan fingerprint density at radius 1 is 1.64 bits per heavy atom. The van der Waals surface area contributed by atoms with E-state index in [9.17, 15) is 0 Å². The summed E-state index contributed by atoms with van der Waals surface area (Å²) in [5.74, 6) is 0. The Balaban J connectivity index is 0. The highest BCUT2D eigenvalue weighted by atomic mass is 14.8. The third-order valence-corrected chi connectivity index (χ3v) is 1.41. The van der Waals surface area contributed by atoms with Crippen molar-refractivity contribution >= 4 is 0 Å². The summed E-state index contributed by atoms with van der Waals surface area (Å²) < 4.78 is 0. The third-order valence-electron chi connectivity index (χ3n) is 1.41. The molecule has 0 radical (unpaired) electrons. The molecule has 11 heavy (non-hydrogen) atoms. The van der Waals surface area contributed by atoms with E-state index in [2.05, 4.69) is 18.0 Å². The van der Waals surface area contributed by atoms with Crippen LogP contribution in [0.25, 0.3) is 0 Å². The van der Waals surface area contributed by atoms with Crippen molar-refractivity contribution < 1.29 is 1.43 Å². The van der Waals surface area contributed by atoms with E-state index in [0.29, 0.717) is 0 Å². The van der Waals surface area contributed by atoms with Crippen LogP contribution in [0.3, 0.4) is 0 Å². The molecule has 1 heteroatoms. The van der Waals surface area contributed by atoms with Crippen LogP contribution in [0.2, 0.25) is 0 Å². The fraction of sp³-hybridized carbons (Fsp3) is 0.400. The highest BCUT2D eigenvalue weighted by Gasteiger charge is 1.92. The number of hydrogen-bond acceptors (Lipinski definition) is 1. The van der Waals surface area contributed by atoms with Crippen molar-refractivity contribution in [1.29, 1.82) is 0 Å². The lowest BCUT2D eigenvalue weighted by Gasteiger charge is -2.03. The van der Waals surface area contributed by atoms with Gasteiger partial charge in [-0.2, -0.15) is 0 Å². The minimum absolute atomic E-state index is 0. The van der Waals surface area contributed by atoms with E-state index in [4.69, 9.17) is 0 Å². The molecule has 0 aromatic rings. The zero-order valence-corrected chi connectivity index (χ0v) is 7.65. The molecule has 1 nitrogen and oxygen atoms in total. The Morgan fingerprint density at radius 3 is 2.64 bits per heavy atom. The molecular formula is C10H19N. The van der Waals surface area contributed by atoms with Crippen molar-refractivity contribution in [2.45, 2.75) is 13.8 Å². The van der Waals surface area contributed by atoms with Gasteiger partial charge in [0.25, 0.3) is 0 Å². The van der Waals surface area contributed by atoms with Crippen LogP contribution in [-0.4, -0.2) is 13.6 Å². The van der Waals surface area contributed by atoms with Gasteiger partial charge in [0.05, 0.1) is 0 Å². The molecule has 0 atom stereocenters. The molecule has 64 valence electrons. The first-order chi connectivity index (χ1) is 5.22. The molecule has 0 aliphatic rings. The summed E-state index contributed by atoms with van der Waals surface area (Å²) in [7, 11) is 1.94. The van der Waals surface area contributed by atoms with Crippen molar-refractivity contribution in [1.82, 2.24) is 5.32 Å². The van der Waals surface area contributed by atoms with Crippen molar-refractivity contribution in [3.05, 3.63) is 36.0 Å².